The molecule has 1 rings (SSSR count). The third kappa shape index (κ3) is 0.908. The van der Waals surface area contributed by atoms with Gasteiger partial charge in [0.25, 0.3) is 5.91 Å². The number of hydrogen-bond donors (Lipinski definition) is 1. The molecular weight excluding hydrogens is 142 g/mol. The SMILES string of the molecule is C#C[C@]1(O)C(=O)N(C)C[C@H]1C. The van der Waals surface area contributed by atoms with Gasteiger partial charge in [0.2, 0.25) is 5.60 Å². The molecule has 0 unspecified atom stereocenters. The molecule has 0 bridgehead atoms. The van der Waals surface area contributed by atoms with Crippen LogP contribution in [0.15, 0.2) is 0 Å². The molecule has 0 radical (unpaired) electrons. The van der Waals surface area contributed by atoms with Crippen LogP contribution < -0.4 is 0 Å². The van der Waals surface area contributed by atoms with Crippen LogP contribution in [0.2, 0.25) is 0 Å². The van der Waals surface area contributed by atoms with Crippen LogP contribution in [0.25, 0.3) is 0 Å². The van der Waals surface area contributed by atoms with Crippen molar-refractivity contribution >= 4 is 5.91 Å². The van der Waals surface area contributed by atoms with E-state index in [-0.39, 0.29) is 11.8 Å². The van der Waals surface area contributed by atoms with E-state index < -0.39 is 5.60 Å². The van der Waals surface area contributed by atoms with E-state index in [1.165, 1.54) is 4.90 Å². The first kappa shape index (κ1) is 8.09. The van der Waals surface area contributed by atoms with Gasteiger partial charge in [-0.25, -0.2) is 0 Å². The third-order valence-electron chi connectivity index (χ3n) is 2.15. The van der Waals surface area contributed by atoms with E-state index in [2.05, 4.69) is 5.92 Å². The molecule has 0 saturated carbocycles. The van der Waals surface area contributed by atoms with Crippen molar-refractivity contribution in [3.05, 3.63) is 0 Å². The molecule has 1 saturated heterocycles. The van der Waals surface area contributed by atoms with Gasteiger partial charge >= 0.3 is 0 Å². The van der Waals surface area contributed by atoms with Crippen molar-refractivity contribution in [1.82, 2.24) is 4.90 Å². The molecule has 3 nitrogen and oxygen atoms in total. The molecule has 1 aliphatic heterocycles. The zero-order valence-electron chi connectivity index (χ0n) is 6.66. The molecule has 1 heterocycles. The summed E-state index contributed by atoms with van der Waals surface area (Å²) in [4.78, 5) is 12.7. The maximum atomic E-state index is 11.2. The fourth-order valence-corrected chi connectivity index (χ4v) is 1.33. The van der Waals surface area contributed by atoms with Crippen molar-refractivity contribution in [2.75, 3.05) is 13.6 Å². The molecule has 0 aromatic heterocycles. The smallest absolute Gasteiger partial charge is 0.267 e. The Balaban J connectivity index is 2.99. The van der Waals surface area contributed by atoms with Gasteiger partial charge in [0.15, 0.2) is 0 Å². The first-order valence-electron chi connectivity index (χ1n) is 3.48. The first-order chi connectivity index (χ1) is 5.02. The molecule has 11 heavy (non-hydrogen) atoms. The summed E-state index contributed by atoms with van der Waals surface area (Å²) in [6.45, 7) is 2.29. The van der Waals surface area contributed by atoms with Crippen LogP contribution in [0.5, 0.6) is 0 Å². The minimum atomic E-state index is -1.56. The number of rotatable bonds is 0. The second-order valence-electron chi connectivity index (χ2n) is 3.00. The standard InChI is InChI=1S/C8H11NO2/c1-4-8(11)6(2)5-9(3)7(8)10/h1,6,11H,5H2,2-3H3/t6-,8-/m1/s1. The van der Waals surface area contributed by atoms with Gasteiger partial charge in [0.1, 0.15) is 0 Å². The van der Waals surface area contributed by atoms with Crippen molar-refractivity contribution in [3.63, 3.8) is 0 Å². The largest absolute Gasteiger partial charge is 0.369 e. The fourth-order valence-electron chi connectivity index (χ4n) is 1.33. The molecule has 3 heteroatoms. The molecule has 0 aromatic rings. The number of nitrogens with zero attached hydrogens (tertiary/aromatic N) is 1. The van der Waals surface area contributed by atoms with Crippen LogP contribution in [-0.2, 0) is 4.79 Å². The highest BCUT2D eigenvalue weighted by Gasteiger charge is 2.48. The average Bonchev–Trinajstić information content (AvgIpc) is 2.16. The van der Waals surface area contributed by atoms with Crippen molar-refractivity contribution < 1.29 is 9.90 Å². The molecule has 1 amide bonds. The van der Waals surface area contributed by atoms with Gasteiger partial charge in [-0.3, -0.25) is 4.79 Å². The molecule has 0 spiro atoms. The number of likely N-dealkylation sites (N-methyl/N-ethyl adjacent to an activating group) is 1. The Bertz CT molecular complexity index is 231. The molecule has 1 N–H and O–H groups in total. The predicted octanol–water partition coefficient (Wildman–Crippen LogP) is -0.541. The number of carbonyl (C=O) groups excluding carboxylic acids is 1. The van der Waals surface area contributed by atoms with Crippen molar-refractivity contribution in [2.24, 2.45) is 5.92 Å². The summed E-state index contributed by atoms with van der Waals surface area (Å²) in [5.41, 5.74) is -1.56. The highest BCUT2D eigenvalue weighted by atomic mass is 16.3. The summed E-state index contributed by atoms with van der Waals surface area (Å²) >= 11 is 0. The molecule has 0 aliphatic carbocycles. The third-order valence-corrected chi connectivity index (χ3v) is 2.15. The number of amides is 1. The minimum absolute atomic E-state index is 0.176. The Morgan fingerprint density at radius 2 is 2.45 bits per heavy atom. The topological polar surface area (TPSA) is 40.5 Å². The summed E-state index contributed by atoms with van der Waals surface area (Å²) in [5.74, 6) is 1.59. The van der Waals surface area contributed by atoms with Crippen LogP contribution in [0.4, 0.5) is 0 Å². The zero-order valence-corrected chi connectivity index (χ0v) is 6.66. The Kier molecular flexibility index (Phi) is 1.65. The lowest BCUT2D eigenvalue weighted by atomic mass is 9.93. The van der Waals surface area contributed by atoms with E-state index in [1.54, 1.807) is 14.0 Å². The Hall–Kier alpha value is -1.01. The van der Waals surface area contributed by atoms with Gasteiger partial charge in [-0.1, -0.05) is 12.8 Å². The van der Waals surface area contributed by atoms with Crippen molar-refractivity contribution in [3.8, 4) is 12.3 Å². The molecular formula is C8H11NO2. The Morgan fingerprint density at radius 1 is 1.91 bits per heavy atom. The molecule has 2 atom stereocenters. The highest BCUT2D eigenvalue weighted by Crippen LogP contribution is 2.26. The second kappa shape index (κ2) is 2.24. The second-order valence-corrected chi connectivity index (χ2v) is 3.00. The van der Waals surface area contributed by atoms with Gasteiger partial charge in [-0.05, 0) is 0 Å². The monoisotopic (exact) mass is 153 g/mol. The van der Waals surface area contributed by atoms with Crippen molar-refractivity contribution in [1.29, 1.82) is 0 Å². The van der Waals surface area contributed by atoms with Crippen LogP contribution in [0, 0.1) is 18.3 Å². The fraction of sp³-hybridized carbons (Fsp3) is 0.625. The normalized spacial score (nSPS) is 37.5. The number of likely N-dealkylation sites (tertiary alicyclic amines) is 1. The number of carbonyl (C=O) groups is 1. The van der Waals surface area contributed by atoms with E-state index >= 15 is 0 Å². The lowest BCUT2D eigenvalue weighted by Gasteiger charge is -2.16. The number of terminal acetylenes is 1. The summed E-state index contributed by atoms with van der Waals surface area (Å²) in [6, 6.07) is 0. The van der Waals surface area contributed by atoms with E-state index in [1.807, 2.05) is 0 Å². The summed E-state index contributed by atoms with van der Waals surface area (Å²) in [5, 5.41) is 9.58. The van der Waals surface area contributed by atoms with E-state index in [0.29, 0.717) is 6.54 Å². The Morgan fingerprint density at radius 3 is 2.64 bits per heavy atom. The number of aliphatic hydroxyl groups is 1. The predicted molar refractivity (Wildman–Crippen MR) is 40.6 cm³/mol. The lowest BCUT2D eigenvalue weighted by molar-refractivity contribution is -0.138. The van der Waals surface area contributed by atoms with Gasteiger partial charge in [0, 0.05) is 19.5 Å². The quantitative estimate of drug-likeness (QED) is 0.475. The summed E-state index contributed by atoms with van der Waals surface area (Å²) in [6.07, 6.45) is 5.06. The molecule has 1 fully saturated rings. The highest BCUT2D eigenvalue weighted by molar-refractivity contribution is 5.90. The van der Waals surface area contributed by atoms with E-state index in [9.17, 15) is 9.90 Å². The lowest BCUT2D eigenvalue weighted by Crippen LogP contribution is -2.40. The summed E-state index contributed by atoms with van der Waals surface area (Å²) < 4.78 is 0. The number of hydrogen-bond acceptors (Lipinski definition) is 2. The zero-order chi connectivity index (χ0) is 8.65. The van der Waals surface area contributed by atoms with E-state index in [0.717, 1.165) is 0 Å². The maximum absolute atomic E-state index is 11.2. The first-order valence-corrected chi connectivity index (χ1v) is 3.48. The molecule has 0 aromatic carbocycles. The van der Waals surface area contributed by atoms with Gasteiger partial charge < -0.3 is 10.0 Å². The van der Waals surface area contributed by atoms with Gasteiger partial charge in [-0.15, -0.1) is 6.42 Å². The molecule has 60 valence electrons. The van der Waals surface area contributed by atoms with E-state index in [4.69, 9.17) is 6.42 Å². The van der Waals surface area contributed by atoms with Gasteiger partial charge in [0.05, 0.1) is 0 Å². The van der Waals surface area contributed by atoms with Crippen molar-refractivity contribution in [2.45, 2.75) is 12.5 Å². The van der Waals surface area contributed by atoms with Crippen LogP contribution >= 0.6 is 0 Å². The van der Waals surface area contributed by atoms with Crippen LogP contribution in [0.1, 0.15) is 6.92 Å². The van der Waals surface area contributed by atoms with Crippen LogP contribution in [0.3, 0.4) is 0 Å². The van der Waals surface area contributed by atoms with Gasteiger partial charge in [-0.2, -0.15) is 0 Å². The maximum Gasteiger partial charge on any atom is 0.267 e. The molecule has 1 aliphatic rings. The van der Waals surface area contributed by atoms with Crippen LogP contribution in [-0.4, -0.2) is 35.1 Å². The minimum Gasteiger partial charge on any atom is -0.369 e. The Labute approximate surface area is 66.0 Å². The summed E-state index contributed by atoms with van der Waals surface area (Å²) in [7, 11) is 1.63. The average molecular weight is 153 g/mol.